The highest BCUT2D eigenvalue weighted by Gasteiger charge is 2.25. The van der Waals surface area contributed by atoms with Gasteiger partial charge in [0.25, 0.3) is 5.69 Å². The van der Waals surface area contributed by atoms with E-state index in [9.17, 15) is 29.9 Å². The van der Waals surface area contributed by atoms with Gasteiger partial charge < -0.3 is 20.3 Å². The third-order valence-electron chi connectivity index (χ3n) is 2.92. The lowest BCUT2D eigenvalue weighted by Gasteiger charge is -2.17. The molecule has 0 heterocycles. The van der Waals surface area contributed by atoms with Crippen LogP contribution in [0.2, 0.25) is 0 Å². The van der Waals surface area contributed by atoms with Gasteiger partial charge in [-0.2, -0.15) is 0 Å². The van der Waals surface area contributed by atoms with Crippen LogP contribution >= 0.6 is 0 Å². The molecule has 9 heteroatoms. The van der Waals surface area contributed by atoms with Crippen molar-refractivity contribution in [3.05, 3.63) is 33.9 Å². The van der Waals surface area contributed by atoms with Gasteiger partial charge in [0, 0.05) is 13.0 Å². The first kappa shape index (κ1) is 18.5. The van der Waals surface area contributed by atoms with Crippen molar-refractivity contribution in [2.24, 2.45) is 0 Å². The summed E-state index contributed by atoms with van der Waals surface area (Å²) in [5, 5.41) is 33.2. The second kappa shape index (κ2) is 8.20. The summed E-state index contributed by atoms with van der Waals surface area (Å²) in [4.78, 5) is 32.6. The normalized spacial score (nSPS) is 13.0. The fraction of sp³-hybridized carbons (Fsp3) is 0.429. The van der Waals surface area contributed by atoms with Crippen molar-refractivity contribution < 1.29 is 29.5 Å². The van der Waals surface area contributed by atoms with E-state index in [1.165, 1.54) is 19.1 Å². The van der Waals surface area contributed by atoms with E-state index in [1.54, 1.807) is 6.92 Å². The molecular weight excluding hydrogens is 308 g/mol. The van der Waals surface area contributed by atoms with E-state index in [4.69, 9.17) is 0 Å². The standard InChI is InChI=1S/C14H18N2O7/c1-3-23-13(19)7-12(18)14(20)9-4-5-10(15-8(2)17)11(6-9)16(21)22/h4-6,12,14,18,20H,3,7H2,1-2H3,(H,15,17). The molecule has 0 aromatic heterocycles. The van der Waals surface area contributed by atoms with Gasteiger partial charge in [0.05, 0.1) is 24.1 Å². The van der Waals surface area contributed by atoms with Crippen molar-refractivity contribution in [2.45, 2.75) is 32.5 Å². The molecule has 1 rings (SSSR count). The molecule has 3 N–H and O–H groups in total. The number of carbonyl (C=O) groups excluding carboxylic acids is 2. The van der Waals surface area contributed by atoms with Crippen LogP contribution in [0.15, 0.2) is 18.2 Å². The number of amides is 1. The lowest BCUT2D eigenvalue weighted by atomic mass is 10.0. The fourth-order valence-corrected chi connectivity index (χ4v) is 1.90. The molecular formula is C14H18N2O7. The van der Waals surface area contributed by atoms with Crippen LogP contribution in [0.25, 0.3) is 0 Å². The fourth-order valence-electron chi connectivity index (χ4n) is 1.90. The zero-order valence-corrected chi connectivity index (χ0v) is 12.7. The van der Waals surface area contributed by atoms with Crippen molar-refractivity contribution in [3.63, 3.8) is 0 Å². The lowest BCUT2D eigenvalue weighted by molar-refractivity contribution is -0.384. The number of aliphatic hydroxyl groups excluding tert-OH is 2. The Hall–Kier alpha value is -2.52. The SMILES string of the molecule is CCOC(=O)CC(O)C(O)c1ccc(NC(C)=O)c([N+](=O)[O-])c1. The van der Waals surface area contributed by atoms with Crippen LogP contribution in [0.1, 0.15) is 31.9 Å². The summed E-state index contributed by atoms with van der Waals surface area (Å²) in [6.07, 6.45) is -3.43. The van der Waals surface area contributed by atoms with E-state index >= 15 is 0 Å². The summed E-state index contributed by atoms with van der Waals surface area (Å²) in [5.41, 5.74) is -0.416. The van der Waals surface area contributed by atoms with Crippen LogP contribution < -0.4 is 5.32 Å². The Morgan fingerprint density at radius 1 is 1.39 bits per heavy atom. The first-order chi connectivity index (χ1) is 10.8. The number of rotatable bonds is 7. The second-order valence-corrected chi connectivity index (χ2v) is 4.74. The van der Waals surface area contributed by atoms with Crippen molar-refractivity contribution in [1.82, 2.24) is 0 Å². The lowest BCUT2D eigenvalue weighted by Crippen LogP contribution is -2.23. The minimum absolute atomic E-state index is 0.0293. The molecule has 1 aromatic rings. The number of nitrogens with zero attached hydrogens (tertiary/aromatic N) is 1. The van der Waals surface area contributed by atoms with Gasteiger partial charge in [-0.15, -0.1) is 0 Å². The zero-order chi connectivity index (χ0) is 17.6. The maximum absolute atomic E-state index is 11.3. The number of esters is 1. The number of nitrogens with one attached hydrogen (secondary N) is 1. The zero-order valence-electron chi connectivity index (χ0n) is 12.7. The van der Waals surface area contributed by atoms with E-state index in [1.807, 2.05) is 0 Å². The number of carbonyl (C=O) groups is 2. The maximum atomic E-state index is 11.3. The number of hydrogen-bond donors (Lipinski definition) is 3. The van der Waals surface area contributed by atoms with Crippen LogP contribution in [0.3, 0.4) is 0 Å². The summed E-state index contributed by atoms with van der Waals surface area (Å²) >= 11 is 0. The predicted molar refractivity (Wildman–Crippen MR) is 79.6 cm³/mol. The van der Waals surface area contributed by atoms with E-state index in [2.05, 4.69) is 10.1 Å². The highest BCUT2D eigenvalue weighted by molar-refractivity contribution is 5.91. The molecule has 9 nitrogen and oxygen atoms in total. The molecule has 1 amide bonds. The first-order valence-corrected chi connectivity index (χ1v) is 6.84. The van der Waals surface area contributed by atoms with E-state index in [0.29, 0.717) is 0 Å². The number of hydrogen-bond acceptors (Lipinski definition) is 7. The molecule has 1 aromatic carbocycles. The summed E-state index contributed by atoms with van der Waals surface area (Å²) in [6.45, 7) is 2.94. The molecule has 0 fully saturated rings. The van der Waals surface area contributed by atoms with Crippen LogP contribution in [0, 0.1) is 10.1 Å². The van der Waals surface area contributed by atoms with E-state index in [0.717, 1.165) is 6.07 Å². The quantitative estimate of drug-likeness (QED) is 0.384. The second-order valence-electron chi connectivity index (χ2n) is 4.74. The van der Waals surface area contributed by atoms with Gasteiger partial charge in [-0.1, -0.05) is 6.07 Å². The molecule has 0 saturated heterocycles. The Bertz CT molecular complexity index is 603. The highest BCUT2D eigenvalue weighted by atomic mass is 16.6. The average molecular weight is 326 g/mol. The third kappa shape index (κ3) is 5.31. The van der Waals surface area contributed by atoms with Crippen molar-refractivity contribution >= 4 is 23.3 Å². The number of benzene rings is 1. The van der Waals surface area contributed by atoms with E-state index < -0.39 is 41.1 Å². The van der Waals surface area contributed by atoms with E-state index in [-0.39, 0.29) is 17.9 Å². The Morgan fingerprint density at radius 2 is 2.04 bits per heavy atom. The van der Waals surface area contributed by atoms with Gasteiger partial charge in [-0.3, -0.25) is 19.7 Å². The van der Waals surface area contributed by atoms with Crippen LogP contribution in [-0.4, -0.2) is 39.7 Å². The molecule has 126 valence electrons. The molecule has 0 bridgehead atoms. The Morgan fingerprint density at radius 3 is 2.57 bits per heavy atom. The van der Waals surface area contributed by atoms with Crippen molar-refractivity contribution in [2.75, 3.05) is 11.9 Å². The third-order valence-corrected chi connectivity index (χ3v) is 2.92. The average Bonchev–Trinajstić information content (AvgIpc) is 2.46. The van der Waals surface area contributed by atoms with Gasteiger partial charge in [-0.25, -0.2) is 0 Å². The molecule has 0 radical (unpaired) electrons. The first-order valence-electron chi connectivity index (χ1n) is 6.84. The predicted octanol–water partition coefficient (Wildman–Crippen LogP) is 0.901. The maximum Gasteiger partial charge on any atom is 0.308 e. The molecule has 2 unspecified atom stereocenters. The molecule has 0 aliphatic carbocycles. The van der Waals surface area contributed by atoms with Crippen LogP contribution in [0.5, 0.6) is 0 Å². The number of nitro groups is 1. The van der Waals surface area contributed by atoms with Gasteiger partial charge in [-0.05, 0) is 18.6 Å². The van der Waals surface area contributed by atoms with Crippen LogP contribution in [0.4, 0.5) is 11.4 Å². The Labute approximate surface area is 132 Å². The Kier molecular flexibility index (Phi) is 6.61. The highest BCUT2D eigenvalue weighted by Crippen LogP contribution is 2.30. The Balaban J connectivity index is 2.99. The molecule has 23 heavy (non-hydrogen) atoms. The number of aliphatic hydroxyl groups is 2. The largest absolute Gasteiger partial charge is 0.466 e. The smallest absolute Gasteiger partial charge is 0.308 e. The summed E-state index contributed by atoms with van der Waals surface area (Å²) in [5.74, 6) is -1.17. The minimum Gasteiger partial charge on any atom is -0.466 e. The monoisotopic (exact) mass is 326 g/mol. The number of nitro benzene ring substituents is 1. The van der Waals surface area contributed by atoms with Crippen LogP contribution in [-0.2, 0) is 14.3 Å². The molecule has 0 aliphatic heterocycles. The molecule has 2 atom stereocenters. The van der Waals surface area contributed by atoms with Crippen molar-refractivity contribution in [1.29, 1.82) is 0 Å². The summed E-state index contributed by atoms with van der Waals surface area (Å²) in [7, 11) is 0. The topological polar surface area (TPSA) is 139 Å². The minimum atomic E-state index is -1.51. The molecule has 0 spiro atoms. The summed E-state index contributed by atoms with van der Waals surface area (Å²) in [6, 6.07) is 3.59. The van der Waals surface area contributed by atoms with Gasteiger partial charge >= 0.3 is 5.97 Å². The molecule has 0 saturated carbocycles. The van der Waals surface area contributed by atoms with Gasteiger partial charge in [0.1, 0.15) is 11.8 Å². The number of ether oxygens (including phenoxy) is 1. The van der Waals surface area contributed by atoms with Gasteiger partial charge in [0.15, 0.2) is 0 Å². The number of anilines is 1. The van der Waals surface area contributed by atoms with Gasteiger partial charge in [0.2, 0.25) is 5.91 Å². The summed E-state index contributed by atoms with van der Waals surface area (Å²) < 4.78 is 4.66. The molecule has 0 aliphatic rings. The van der Waals surface area contributed by atoms with Crippen molar-refractivity contribution in [3.8, 4) is 0 Å².